The van der Waals surface area contributed by atoms with Gasteiger partial charge in [-0.3, -0.25) is 4.90 Å². The molecule has 2 N–H and O–H groups in total. The van der Waals surface area contributed by atoms with Crippen molar-refractivity contribution < 1.29 is 9.53 Å². The second kappa shape index (κ2) is 7.38. The maximum Gasteiger partial charge on any atom is 0.318 e. The average molecular weight is 253 g/mol. The predicted molar refractivity (Wildman–Crippen MR) is 70.3 cm³/mol. The number of nitrogens with one attached hydrogen (secondary N) is 2. The molecule has 2 aliphatic rings. The molecule has 1 saturated heterocycles. The summed E-state index contributed by atoms with van der Waals surface area (Å²) in [7, 11) is 0. The topological polar surface area (TPSA) is 53.6 Å². The molecule has 1 aliphatic carbocycles. The van der Waals surface area contributed by atoms with E-state index in [1.54, 1.807) is 6.20 Å². The number of carbonyl (C=O) groups excluding carboxylic acids is 1. The van der Waals surface area contributed by atoms with Crippen LogP contribution in [0.15, 0.2) is 12.3 Å². The van der Waals surface area contributed by atoms with E-state index in [-0.39, 0.29) is 6.03 Å². The molecule has 0 atom stereocenters. The first-order chi connectivity index (χ1) is 8.84. The van der Waals surface area contributed by atoms with Crippen LogP contribution in [0.2, 0.25) is 0 Å². The van der Waals surface area contributed by atoms with E-state index < -0.39 is 0 Å². The molecule has 18 heavy (non-hydrogen) atoms. The van der Waals surface area contributed by atoms with Crippen molar-refractivity contribution in [3.8, 4) is 0 Å². The summed E-state index contributed by atoms with van der Waals surface area (Å²) < 4.78 is 5.28. The van der Waals surface area contributed by atoms with Crippen molar-refractivity contribution in [1.82, 2.24) is 15.5 Å². The van der Waals surface area contributed by atoms with Crippen molar-refractivity contribution in [3.63, 3.8) is 0 Å². The lowest BCUT2D eigenvalue weighted by Gasteiger charge is -2.26. The van der Waals surface area contributed by atoms with E-state index in [9.17, 15) is 4.79 Å². The molecule has 5 nitrogen and oxygen atoms in total. The number of morpholine rings is 1. The van der Waals surface area contributed by atoms with Gasteiger partial charge in [-0.15, -0.1) is 0 Å². The van der Waals surface area contributed by atoms with Gasteiger partial charge in [0.2, 0.25) is 0 Å². The van der Waals surface area contributed by atoms with Crippen molar-refractivity contribution in [2.45, 2.75) is 19.3 Å². The van der Waals surface area contributed by atoms with Crippen LogP contribution >= 0.6 is 0 Å². The number of hydrogen-bond donors (Lipinski definition) is 2. The zero-order valence-corrected chi connectivity index (χ0v) is 10.9. The number of hydrogen-bond acceptors (Lipinski definition) is 3. The second-order valence-corrected chi connectivity index (χ2v) is 4.90. The highest BCUT2D eigenvalue weighted by atomic mass is 16.5. The van der Waals surface area contributed by atoms with Crippen LogP contribution in [0.3, 0.4) is 0 Å². The lowest BCUT2D eigenvalue weighted by atomic mass is 10.3. The lowest BCUT2D eigenvalue weighted by Crippen LogP contribution is -2.39. The molecule has 5 heteroatoms. The fourth-order valence-electron chi connectivity index (χ4n) is 1.93. The van der Waals surface area contributed by atoms with E-state index in [1.807, 2.05) is 0 Å². The molecule has 0 radical (unpaired) electrons. The summed E-state index contributed by atoms with van der Waals surface area (Å²) in [5.74, 6) is 0.701. The van der Waals surface area contributed by atoms with Crippen LogP contribution in [0.25, 0.3) is 0 Å². The Morgan fingerprint density at radius 1 is 1.33 bits per heavy atom. The largest absolute Gasteiger partial charge is 0.379 e. The van der Waals surface area contributed by atoms with E-state index in [0.29, 0.717) is 5.92 Å². The van der Waals surface area contributed by atoms with Gasteiger partial charge in [0, 0.05) is 25.8 Å². The van der Waals surface area contributed by atoms with Gasteiger partial charge in [0.25, 0.3) is 0 Å². The molecule has 2 amide bonds. The fourth-order valence-corrected chi connectivity index (χ4v) is 1.93. The van der Waals surface area contributed by atoms with E-state index in [0.717, 1.165) is 45.8 Å². The highest BCUT2D eigenvalue weighted by Crippen LogP contribution is 2.29. The quantitative estimate of drug-likeness (QED) is 0.692. The third-order valence-corrected chi connectivity index (χ3v) is 3.25. The molecule has 0 spiro atoms. The van der Waals surface area contributed by atoms with Crippen molar-refractivity contribution >= 4 is 6.03 Å². The van der Waals surface area contributed by atoms with Gasteiger partial charge < -0.3 is 15.4 Å². The van der Waals surface area contributed by atoms with Crippen molar-refractivity contribution in [2.75, 3.05) is 39.4 Å². The van der Waals surface area contributed by atoms with Gasteiger partial charge in [-0.05, 0) is 31.7 Å². The summed E-state index contributed by atoms with van der Waals surface area (Å²) in [6, 6.07) is -0.103. The second-order valence-electron chi connectivity index (χ2n) is 4.90. The molecule has 0 unspecified atom stereocenters. The number of rotatable bonds is 6. The van der Waals surface area contributed by atoms with E-state index in [1.165, 1.54) is 12.8 Å². The molecule has 2 fully saturated rings. The van der Waals surface area contributed by atoms with Gasteiger partial charge >= 0.3 is 6.03 Å². The molecule has 0 aromatic carbocycles. The van der Waals surface area contributed by atoms with Crippen molar-refractivity contribution in [2.24, 2.45) is 5.92 Å². The predicted octanol–water partition coefficient (Wildman–Crippen LogP) is 0.932. The first-order valence-electron chi connectivity index (χ1n) is 6.86. The van der Waals surface area contributed by atoms with Crippen molar-refractivity contribution in [3.05, 3.63) is 12.3 Å². The van der Waals surface area contributed by atoms with Crippen LogP contribution < -0.4 is 10.6 Å². The molecule has 102 valence electrons. The van der Waals surface area contributed by atoms with Crippen LogP contribution in [-0.4, -0.2) is 50.3 Å². The number of ether oxygens (including phenoxy) is 1. The average Bonchev–Trinajstić information content (AvgIpc) is 3.20. The molecule has 1 heterocycles. The van der Waals surface area contributed by atoms with Crippen LogP contribution in [0.1, 0.15) is 19.3 Å². The molecule has 0 bridgehead atoms. The molecule has 1 aliphatic heterocycles. The molecule has 2 rings (SSSR count). The molecular formula is C13H23N3O2. The van der Waals surface area contributed by atoms with Gasteiger partial charge in [0.1, 0.15) is 0 Å². The SMILES string of the molecule is O=C(N/C=C/C1CC1)NCCCN1CCOCC1. The Hall–Kier alpha value is -1.07. The Morgan fingerprint density at radius 3 is 2.83 bits per heavy atom. The Labute approximate surface area is 109 Å². The molecular weight excluding hydrogens is 230 g/mol. The summed E-state index contributed by atoms with van der Waals surface area (Å²) in [6.07, 6.45) is 7.33. The zero-order chi connectivity index (χ0) is 12.6. The number of carbonyl (C=O) groups is 1. The minimum Gasteiger partial charge on any atom is -0.379 e. The number of allylic oxidation sites excluding steroid dienone is 1. The van der Waals surface area contributed by atoms with Gasteiger partial charge in [-0.1, -0.05) is 6.08 Å². The van der Waals surface area contributed by atoms with E-state index in [4.69, 9.17) is 4.74 Å². The lowest BCUT2D eigenvalue weighted by molar-refractivity contribution is 0.0375. The molecule has 0 aromatic rings. The maximum atomic E-state index is 11.4. The number of nitrogens with zero attached hydrogens (tertiary/aromatic N) is 1. The van der Waals surface area contributed by atoms with E-state index in [2.05, 4.69) is 21.6 Å². The van der Waals surface area contributed by atoms with Gasteiger partial charge in [-0.2, -0.15) is 0 Å². The third kappa shape index (κ3) is 5.51. The molecule has 0 aromatic heterocycles. The van der Waals surface area contributed by atoms with Crippen LogP contribution in [0.4, 0.5) is 4.79 Å². The summed E-state index contributed by atoms with van der Waals surface area (Å²) >= 11 is 0. The van der Waals surface area contributed by atoms with Crippen LogP contribution in [0.5, 0.6) is 0 Å². The van der Waals surface area contributed by atoms with Gasteiger partial charge in [-0.25, -0.2) is 4.79 Å². The normalized spacial score (nSPS) is 21.1. The third-order valence-electron chi connectivity index (χ3n) is 3.25. The summed E-state index contributed by atoms with van der Waals surface area (Å²) in [5, 5.41) is 5.59. The standard InChI is InChI=1S/C13H23N3O2/c17-13(15-6-4-12-2-3-12)14-5-1-7-16-8-10-18-11-9-16/h4,6,12H,1-3,5,7-11H2,(H2,14,15,17)/b6-4+. The minimum atomic E-state index is -0.103. The zero-order valence-electron chi connectivity index (χ0n) is 10.9. The Bertz CT molecular complexity index is 284. The summed E-state index contributed by atoms with van der Waals surface area (Å²) in [5.41, 5.74) is 0. The van der Waals surface area contributed by atoms with Crippen LogP contribution in [-0.2, 0) is 4.74 Å². The smallest absolute Gasteiger partial charge is 0.318 e. The number of urea groups is 1. The first kappa shape index (κ1) is 13.4. The maximum absolute atomic E-state index is 11.4. The monoisotopic (exact) mass is 253 g/mol. The number of amides is 2. The molecule has 1 saturated carbocycles. The van der Waals surface area contributed by atoms with E-state index >= 15 is 0 Å². The first-order valence-corrected chi connectivity index (χ1v) is 6.86. The van der Waals surface area contributed by atoms with Crippen LogP contribution in [0, 0.1) is 5.92 Å². The van der Waals surface area contributed by atoms with Gasteiger partial charge in [0.15, 0.2) is 0 Å². The Kier molecular flexibility index (Phi) is 5.48. The van der Waals surface area contributed by atoms with Gasteiger partial charge in [0.05, 0.1) is 13.2 Å². The Balaban J connectivity index is 1.45. The Morgan fingerprint density at radius 2 is 2.11 bits per heavy atom. The highest BCUT2D eigenvalue weighted by molar-refractivity contribution is 5.74. The summed E-state index contributed by atoms with van der Waals surface area (Å²) in [4.78, 5) is 13.8. The van der Waals surface area contributed by atoms with Crippen molar-refractivity contribution in [1.29, 1.82) is 0 Å². The highest BCUT2D eigenvalue weighted by Gasteiger charge is 2.17. The minimum absolute atomic E-state index is 0.103. The summed E-state index contributed by atoms with van der Waals surface area (Å²) in [6.45, 7) is 5.44. The fraction of sp³-hybridized carbons (Fsp3) is 0.769.